The maximum atomic E-state index is 12.6. The summed E-state index contributed by atoms with van der Waals surface area (Å²) >= 11 is 0. The molecule has 0 aromatic heterocycles. The number of likely N-dealkylation sites (tertiary alicyclic amines) is 1. The van der Waals surface area contributed by atoms with E-state index in [1.54, 1.807) is 17.0 Å². The van der Waals surface area contributed by atoms with Gasteiger partial charge >= 0.3 is 6.09 Å². The van der Waals surface area contributed by atoms with Gasteiger partial charge in [0.05, 0.1) is 6.04 Å². The maximum Gasteiger partial charge on any atom is 0.410 e. The topological polar surface area (TPSA) is 46.6 Å². The van der Waals surface area contributed by atoms with E-state index in [4.69, 9.17) is 4.74 Å². The van der Waals surface area contributed by atoms with Gasteiger partial charge in [0.1, 0.15) is 5.60 Å². The molecule has 1 aromatic carbocycles. The summed E-state index contributed by atoms with van der Waals surface area (Å²) < 4.78 is 5.43. The number of amides is 1. The van der Waals surface area contributed by atoms with Crippen molar-refractivity contribution in [2.24, 2.45) is 0 Å². The Morgan fingerprint density at radius 3 is 2.43 bits per heavy atom. The number of hydrogen-bond acceptors (Lipinski definition) is 3. The first-order valence-corrected chi connectivity index (χ1v) is 7.47. The molecule has 1 atom stereocenters. The Hall–Kier alpha value is -1.84. The van der Waals surface area contributed by atoms with Crippen LogP contribution in [0.2, 0.25) is 0 Å². The van der Waals surface area contributed by atoms with Gasteiger partial charge in [0.15, 0.2) is 5.78 Å². The molecule has 1 fully saturated rings. The fourth-order valence-electron chi connectivity index (χ4n) is 2.54. The van der Waals surface area contributed by atoms with Gasteiger partial charge in [0, 0.05) is 12.1 Å². The van der Waals surface area contributed by atoms with Gasteiger partial charge < -0.3 is 4.74 Å². The van der Waals surface area contributed by atoms with E-state index >= 15 is 0 Å². The van der Waals surface area contributed by atoms with Crippen LogP contribution in [-0.4, -0.2) is 35.0 Å². The number of ether oxygens (including phenoxy) is 1. The molecule has 1 aromatic rings. The summed E-state index contributed by atoms with van der Waals surface area (Å²) in [6.07, 6.45) is 2.18. The van der Waals surface area contributed by atoms with E-state index in [2.05, 4.69) is 0 Å². The molecule has 1 saturated heterocycles. The van der Waals surface area contributed by atoms with Crippen molar-refractivity contribution < 1.29 is 14.3 Å². The first-order chi connectivity index (χ1) is 9.88. The van der Waals surface area contributed by atoms with Gasteiger partial charge in [-0.3, -0.25) is 9.69 Å². The second-order valence-electron chi connectivity index (χ2n) is 6.42. The molecular formula is C17H23NO3. The lowest BCUT2D eigenvalue weighted by Crippen LogP contribution is -2.49. The zero-order chi connectivity index (χ0) is 15.5. The number of benzene rings is 1. The Morgan fingerprint density at radius 2 is 1.81 bits per heavy atom. The molecule has 1 aliphatic rings. The molecule has 1 amide bonds. The van der Waals surface area contributed by atoms with E-state index < -0.39 is 17.7 Å². The van der Waals surface area contributed by atoms with E-state index in [0.717, 1.165) is 12.8 Å². The molecule has 0 N–H and O–H groups in total. The van der Waals surface area contributed by atoms with Crippen LogP contribution in [0.15, 0.2) is 30.3 Å². The average Bonchev–Trinajstić information content (AvgIpc) is 2.45. The van der Waals surface area contributed by atoms with Crippen molar-refractivity contribution in [1.29, 1.82) is 0 Å². The van der Waals surface area contributed by atoms with Crippen LogP contribution in [-0.2, 0) is 4.74 Å². The van der Waals surface area contributed by atoms with Crippen LogP contribution in [0, 0.1) is 0 Å². The minimum Gasteiger partial charge on any atom is -0.444 e. The second-order valence-corrected chi connectivity index (χ2v) is 6.42. The molecule has 1 heterocycles. The van der Waals surface area contributed by atoms with Crippen molar-refractivity contribution in [3.63, 3.8) is 0 Å². The Labute approximate surface area is 126 Å². The molecule has 4 heteroatoms. The van der Waals surface area contributed by atoms with Crippen molar-refractivity contribution in [3.05, 3.63) is 35.9 Å². The zero-order valence-electron chi connectivity index (χ0n) is 13.0. The lowest BCUT2D eigenvalue weighted by atomic mass is 9.95. The number of rotatable bonds is 2. The van der Waals surface area contributed by atoms with Gasteiger partial charge in [-0.25, -0.2) is 4.79 Å². The summed E-state index contributed by atoms with van der Waals surface area (Å²) in [5.74, 6) is 0.00107. The lowest BCUT2D eigenvalue weighted by molar-refractivity contribution is 0.0105. The molecule has 4 nitrogen and oxygen atoms in total. The standard InChI is InChI=1S/C17H23NO3/c1-17(2,3)21-16(20)18-12-8-7-11-14(18)15(19)13-9-5-4-6-10-13/h4-6,9-10,14H,7-8,11-12H2,1-3H3/t14-/m0/s1. The fourth-order valence-corrected chi connectivity index (χ4v) is 2.54. The third-order valence-corrected chi connectivity index (χ3v) is 3.49. The molecule has 1 aliphatic heterocycles. The molecule has 21 heavy (non-hydrogen) atoms. The van der Waals surface area contributed by atoms with Crippen LogP contribution in [0.4, 0.5) is 4.79 Å². The molecule has 0 spiro atoms. The summed E-state index contributed by atoms with van der Waals surface area (Å²) in [4.78, 5) is 26.5. The number of piperidine rings is 1. The van der Waals surface area contributed by atoms with Crippen LogP contribution >= 0.6 is 0 Å². The number of Topliss-reactive ketones (excluding diaryl/α,β-unsaturated/α-hetero) is 1. The van der Waals surface area contributed by atoms with Crippen LogP contribution in [0.25, 0.3) is 0 Å². The smallest absolute Gasteiger partial charge is 0.410 e. The van der Waals surface area contributed by atoms with Crippen molar-refractivity contribution in [1.82, 2.24) is 4.90 Å². The maximum absolute atomic E-state index is 12.6. The number of ketones is 1. The third kappa shape index (κ3) is 4.06. The molecule has 114 valence electrons. The molecule has 0 unspecified atom stereocenters. The first kappa shape index (κ1) is 15.5. The Bertz CT molecular complexity index is 505. The van der Waals surface area contributed by atoms with Crippen LogP contribution in [0.5, 0.6) is 0 Å². The van der Waals surface area contributed by atoms with Crippen LogP contribution in [0.1, 0.15) is 50.4 Å². The van der Waals surface area contributed by atoms with E-state index in [1.165, 1.54) is 0 Å². The van der Waals surface area contributed by atoms with Gasteiger partial charge in [0.2, 0.25) is 0 Å². The van der Waals surface area contributed by atoms with Gasteiger partial charge in [-0.1, -0.05) is 30.3 Å². The van der Waals surface area contributed by atoms with Crippen LogP contribution in [0.3, 0.4) is 0 Å². The van der Waals surface area contributed by atoms with Gasteiger partial charge in [-0.15, -0.1) is 0 Å². The van der Waals surface area contributed by atoms with Crippen molar-refractivity contribution in [2.45, 2.75) is 51.7 Å². The highest BCUT2D eigenvalue weighted by atomic mass is 16.6. The van der Waals surface area contributed by atoms with Crippen molar-refractivity contribution in [2.75, 3.05) is 6.54 Å². The summed E-state index contributed by atoms with van der Waals surface area (Å²) in [7, 11) is 0. The Kier molecular flexibility index (Phi) is 4.66. The first-order valence-electron chi connectivity index (χ1n) is 7.47. The fraction of sp³-hybridized carbons (Fsp3) is 0.529. The molecular weight excluding hydrogens is 266 g/mol. The SMILES string of the molecule is CC(C)(C)OC(=O)N1CCCC[C@H]1C(=O)c1ccccc1. The highest BCUT2D eigenvalue weighted by molar-refractivity contribution is 6.01. The van der Waals surface area contributed by atoms with Crippen molar-refractivity contribution >= 4 is 11.9 Å². The quantitative estimate of drug-likeness (QED) is 0.781. The Morgan fingerprint density at radius 1 is 1.14 bits per heavy atom. The summed E-state index contributed by atoms with van der Waals surface area (Å²) in [5.41, 5.74) is 0.104. The van der Waals surface area contributed by atoms with Gasteiger partial charge in [-0.05, 0) is 40.0 Å². The average molecular weight is 289 g/mol. The number of carbonyl (C=O) groups excluding carboxylic acids is 2. The normalized spacial score (nSPS) is 19.2. The monoisotopic (exact) mass is 289 g/mol. The van der Waals surface area contributed by atoms with E-state index in [1.807, 2.05) is 39.0 Å². The minimum atomic E-state index is -0.547. The predicted octanol–water partition coefficient (Wildman–Crippen LogP) is 3.66. The molecule has 0 aliphatic carbocycles. The molecule has 0 bridgehead atoms. The highest BCUT2D eigenvalue weighted by Crippen LogP contribution is 2.23. The largest absolute Gasteiger partial charge is 0.444 e. The van der Waals surface area contributed by atoms with E-state index in [9.17, 15) is 9.59 Å². The second kappa shape index (κ2) is 6.29. The van der Waals surface area contributed by atoms with Crippen LogP contribution < -0.4 is 0 Å². The third-order valence-electron chi connectivity index (χ3n) is 3.49. The van der Waals surface area contributed by atoms with Gasteiger partial charge in [0.25, 0.3) is 0 Å². The van der Waals surface area contributed by atoms with Crippen molar-refractivity contribution in [3.8, 4) is 0 Å². The van der Waals surface area contributed by atoms with E-state index in [-0.39, 0.29) is 5.78 Å². The van der Waals surface area contributed by atoms with E-state index in [0.29, 0.717) is 18.5 Å². The zero-order valence-corrected chi connectivity index (χ0v) is 13.0. The Balaban J connectivity index is 2.16. The molecule has 2 rings (SSSR count). The predicted molar refractivity (Wildman–Crippen MR) is 81.4 cm³/mol. The molecule has 0 radical (unpaired) electrons. The number of hydrogen-bond donors (Lipinski definition) is 0. The minimum absolute atomic E-state index is 0.00107. The molecule has 0 saturated carbocycles. The lowest BCUT2D eigenvalue weighted by Gasteiger charge is -2.35. The highest BCUT2D eigenvalue weighted by Gasteiger charge is 2.34. The number of nitrogens with zero attached hydrogens (tertiary/aromatic N) is 1. The number of carbonyl (C=O) groups is 2. The summed E-state index contributed by atoms with van der Waals surface area (Å²) in [6, 6.07) is 8.75. The summed E-state index contributed by atoms with van der Waals surface area (Å²) in [5, 5.41) is 0. The van der Waals surface area contributed by atoms with Gasteiger partial charge in [-0.2, -0.15) is 0 Å². The summed E-state index contributed by atoms with van der Waals surface area (Å²) in [6.45, 7) is 6.09.